The van der Waals surface area contributed by atoms with Gasteiger partial charge in [0.2, 0.25) is 0 Å². The standard InChI is InChI=1S/C22H21FN4OS/c1-22(2,3)21-11-20(27(4)26-21)17-6-5-15(9-18(17)23)28-16-7-8-24-19(10-16)14-12-25-29-13-14/h5-13H,1-4H3. The zero-order valence-electron chi connectivity index (χ0n) is 16.7. The second kappa shape index (κ2) is 7.40. The first-order valence-corrected chi connectivity index (χ1v) is 10.0. The van der Waals surface area contributed by atoms with Gasteiger partial charge in [-0.05, 0) is 35.8 Å². The van der Waals surface area contributed by atoms with Crippen molar-refractivity contribution in [1.82, 2.24) is 19.1 Å². The van der Waals surface area contributed by atoms with Gasteiger partial charge in [0.15, 0.2) is 0 Å². The molecule has 3 heterocycles. The van der Waals surface area contributed by atoms with E-state index in [9.17, 15) is 4.39 Å². The fourth-order valence-corrected chi connectivity index (χ4v) is 3.48. The Hall–Kier alpha value is -3.06. The molecule has 1 aromatic carbocycles. The van der Waals surface area contributed by atoms with Gasteiger partial charge in [-0.2, -0.15) is 5.10 Å². The average molecular weight is 409 g/mol. The summed E-state index contributed by atoms with van der Waals surface area (Å²) < 4.78 is 26.5. The predicted octanol–water partition coefficient (Wildman–Crippen LogP) is 5.83. The molecule has 0 aliphatic carbocycles. The van der Waals surface area contributed by atoms with Crippen LogP contribution in [0.4, 0.5) is 4.39 Å². The van der Waals surface area contributed by atoms with Gasteiger partial charge in [0.1, 0.15) is 17.3 Å². The summed E-state index contributed by atoms with van der Waals surface area (Å²) in [6.45, 7) is 6.25. The molecule has 0 fully saturated rings. The summed E-state index contributed by atoms with van der Waals surface area (Å²) in [4.78, 5) is 4.33. The lowest BCUT2D eigenvalue weighted by atomic mass is 9.92. The van der Waals surface area contributed by atoms with Crippen molar-refractivity contribution in [2.45, 2.75) is 26.2 Å². The molecule has 4 aromatic rings. The van der Waals surface area contributed by atoms with E-state index in [4.69, 9.17) is 4.74 Å². The highest BCUT2D eigenvalue weighted by molar-refractivity contribution is 7.03. The minimum absolute atomic E-state index is 0.105. The van der Waals surface area contributed by atoms with Crippen LogP contribution in [0.2, 0.25) is 0 Å². The third-order valence-corrected chi connectivity index (χ3v) is 5.15. The smallest absolute Gasteiger partial charge is 0.136 e. The molecule has 4 rings (SSSR count). The first-order valence-electron chi connectivity index (χ1n) is 9.19. The van der Waals surface area contributed by atoms with E-state index in [1.807, 2.05) is 24.6 Å². The summed E-state index contributed by atoms with van der Waals surface area (Å²) in [5, 5.41) is 6.45. The molecule has 0 amide bonds. The molecule has 0 N–H and O–H groups in total. The Morgan fingerprint density at radius 2 is 1.86 bits per heavy atom. The Labute approximate surface area is 173 Å². The fraction of sp³-hybridized carbons (Fsp3) is 0.227. The highest BCUT2D eigenvalue weighted by Crippen LogP contribution is 2.32. The van der Waals surface area contributed by atoms with E-state index in [1.165, 1.54) is 17.6 Å². The largest absolute Gasteiger partial charge is 0.457 e. The molecule has 0 bridgehead atoms. The summed E-state index contributed by atoms with van der Waals surface area (Å²) in [7, 11) is 1.83. The first kappa shape index (κ1) is 19.3. The van der Waals surface area contributed by atoms with E-state index in [1.54, 1.807) is 35.3 Å². The lowest BCUT2D eigenvalue weighted by Gasteiger charge is -2.13. The van der Waals surface area contributed by atoms with E-state index < -0.39 is 0 Å². The number of ether oxygens (including phenoxy) is 1. The highest BCUT2D eigenvalue weighted by atomic mass is 32.1. The van der Waals surface area contributed by atoms with E-state index in [2.05, 4.69) is 35.2 Å². The van der Waals surface area contributed by atoms with Gasteiger partial charge in [-0.1, -0.05) is 20.8 Å². The van der Waals surface area contributed by atoms with Crippen LogP contribution in [0.3, 0.4) is 0 Å². The van der Waals surface area contributed by atoms with Gasteiger partial charge >= 0.3 is 0 Å². The van der Waals surface area contributed by atoms with E-state index in [0.717, 1.165) is 22.6 Å². The topological polar surface area (TPSA) is 52.8 Å². The van der Waals surface area contributed by atoms with Crippen LogP contribution in [0.5, 0.6) is 11.5 Å². The lowest BCUT2D eigenvalue weighted by molar-refractivity contribution is 0.476. The lowest BCUT2D eigenvalue weighted by Crippen LogP contribution is -2.12. The monoisotopic (exact) mass is 408 g/mol. The number of hydrogen-bond acceptors (Lipinski definition) is 5. The second-order valence-electron chi connectivity index (χ2n) is 7.82. The summed E-state index contributed by atoms with van der Waals surface area (Å²) in [5.41, 5.74) is 3.72. The number of hydrogen-bond donors (Lipinski definition) is 0. The third kappa shape index (κ3) is 4.05. The number of rotatable bonds is 4. The van der Waals surface area contributed by atoms with Gasteiger partial charge in [-0.25, -0.2) is 8.76 Å². The van der Waals surface area contributed by atoms with Crippen LogP contribution in [0.25, 0.3) is 22.5 Å². The molecule has 29 heavy (non-hydrogen) atoms. The van der Waals surface area contributed by atoms with Crippen LogP contribution in [-0.4, -0.2) is 19.1 Å². The molecule has 0 radical (unpaired) electrons. The predicted molar refractivity (Wildman–Crippen MR) is 113 cm³/mol. The Balaban J connectivity index is 1.60. The molecule has 0 unspecified atom stereocenters. The van der Waals surface area contributed by atoms with Crippen molar-refractivity contribution in [2.75, 3.05) is 0 Å². The zero-order valence-corrected chi connectivity index (χ0v) is 17.5. The molecule has 148 valence electrons. The van der Waals surface area contributed by atoms with Gasteiger partial charge in [-0.3, -0.25) is 9.67 Å². The summed E-state index contributed by atoms with van der Waals surface area (Å²) in [6.07, 6.45) is 3.42. The molecule has 5 nitrogen and oxygen atoms in total. The molecule has 0 saturated heterocycles. The van der Waals surface area contributed by atoms with Crippen molar-refractivity contribution in [1.29, 1.82) is 0 Å². The number of aromatic nitrogens is 4. The van der Waals surface area contributed by atoms with Crippen LogP contribution >= 0.6 is 11.5 Å². The normalized spacial score (nSPS) is 11.6. The van der Waals surface area contributed by atoms with Crippen LogP contribution in [0, 0.1) is 5.82 Å². The molecule has 0 atom stereocenters. The second-order valence-corrected chi connectivity index (χ2v) is 8.48. The summed E-state index contributed by atoms with van der Waals surface area (Å²) in [6, 6.07) is 10.4. The zero-order chi connectivity index (χ0) is 20.6. The Morgan fingerprint density at radius 1 is 1.07 bits per heavy atom. The molecule has 3 aromatic heterocycles. The fourth-order valence-electron chi connectivity index (χ4n) is 2.95. The number of nitrogens with zero attached hydrogens (tertiary/aromatic N) is 4. The van der Waals surface area contributed by atoms with Gasteiger partial charge in [0.25, 0.3) is 0 Å². The Kier molecular flexibility index (Phi) is 4.92. The first-order chi connectivity index (χ1) is 13.8. The van der Waals surface area contributed by atoms with Crippen LogP contribution in [0.1, 0.15) is 26.5 Å². The van der Waals surface area contributed by atoms with Gasteiger partial charge in [0, 0.05) is 47.3 Å². The van der Waals surface area contributed by atoms with Crippen molar-refractivity contribution in [3.63, 3.8) is 0 Å². The number of benzene rings is 1. The SMILES string of the molecule is Cn1nc(C(C)(C)C)cc1-c1ccc(Oc2ccnc(-c3cnsc3)c2)cc1F. The molecular formula is C22H21FN4OS. The third-order valence-electron chi connectivity index (χ3n) is 4.56. The number of halogens is 1. The molecule has 0 aliphatic heterocycles. The van der Waals surface area contributed by atoms with Crippen molar-refractivity contribution >= 4 is 11.5 Å². The van der Waals surface area contributed by atoms with E-state index in [-0.39, 0.29) is 11.2 Å². The maximum atomic E-state index is 14.9. The minimum atomic E-state index is -0.359. The van der Waals surface area contributed by atoms with Gasteiger partial charge < -0.3 is 4.74 Å². The molecule has 0 saturated carbocycles. The quantitative estimate of drug-likeness (QED) is 0.426. The highest BCUT2D eigenvalue weighted by Gasteiger charge is 2.21. The number of aryl methyl sites for hydroxylation is 1. The summed E-state index contributed by atoms with van der Waals surface area (Å²) >= 11 is 1.36. The maximum absolute atomic E-state index is 14.9. The number of pyridine rings is 1. The minimum Gasteiger partial charge on any atom is -0.457 e. The molecular weight excluding hydrogens is 387 g/mol. The molecule has 7 heteroatoms. The Morgan fingerprint density at radius 3 is 2.52 bits per heavy atom. The van der Waals surface area contributed by atoms with Crippen molar-refractivity contribution in [2.24, 2.45) is 7.05 Å². The van der Waals surface area contributed by atoms with E-state index in [0.29, 0.717) is 17.1 Å². The van der Waals surface area contributed by atoms with Gasteiger partial charge in [-0.15, -0.1) is 0 Å². The van der Waals surface area contributed by atoms with Gasteiger partial charge in [0.05, 0.1) is 23.3 Å². The van der Waals surface area contributed by atoms with E-state index >= 15 is 0 Å². The van der Waals surface area contributed by atoms with Crippen molar-refractivity contribution in [3.8, 4) is 34.0 Å². The average Bonchev–Trinajstić information content (AvgIpc) is 3.32. The molecule has 0 aliphatic rings. The molecule has 0 spiro atoms. The van der Waals surface area contributed by atoms with Crippen LogP contribution in [0.15, 0.2) is 54.2 Å². The van der Waals surface area contributed by atoms with Crippen molar-refractivity contribution in [3.05, 3.63) is 65.7 Å². The summed E-state index contributed by atoms with van der Waals surface area (Å²) in [5.74, 6) is 0.649. The van der Waals surface area contributed by atoms with Crippen LogP contribution in [-0.2, 0) is 12.5 Å². The maximum Gasteiger partial charge on any atom is 0.136 e. The Bertz CT molecular complexity index is 1150. The van der Waals surface area contributed by atoms with Crippen LogP contribution < -0.4 is 4.74 Å². The van der Waals surface area contributed by atoms with Crippen molar-refractivity contribution < 1.29 is 9.13 Å².